The minimum atomic E-state index is 0.449. The number of carbonyl (C=O) groups is 1. The SMILES string of the molecule is CC=O.NC1CC=CCC1. The Kier molecular flexibility index (Phi) is 6.08. The van der Waals surface area contributed by atoms with Crippen molar-refractivity contribution in [1.82, 2.24) is 0 Å². The maximum Gasteiger partial charge on any atom is 0.116 e. The van der Waals surface area contributed by atoms with Crippen molar-refractivity contribution in [2.24, 2.45) is 5.73 Å². The van der Waals surface area contributed by atoms with Crippen LogP contribution in [0.3, 0.4) is 0 Å². The van der Waals surface area contributed by atoms with Crippen molar-refractivity contribution in [2.75, 3.05) is 0 Å². The van der Waals surface area contributed by atoms with Gasteiger partial charge in [-0.3, -0.25) is 0 Å². The Balaban J connectivity index is 0.000000236. The molecule has 1 unspecified atom stereocenters. The van der Waals surface area contributed by atoms with E-state index >= 15 is 0 Å². The van der Waals surface area contributed by atoms with E-state index in [1.165, 1.54) is 19.8 Å². The van der Waals surface area contributed by atoms with Crippen LogP contribution in [0.1, 0.15) is 26.2 Å². The molecule has 0 aromatic heterocycles. The normalized spacial score (nSPS) is 22.8. The van der Waals surface area contributed by atoms with Crippen LogP contribution in [0.5, 0.6) is 0 Å². The highest BCUT2D eigenvalue weighted by molar-refractivity contribution is 5.44. The van der Waals surface area contributed by atoms with Crippen LogP contribution in [0.25, 0.3) is 0 Å². The summed E-state index contributed by atoms with van der Waals surface area (Å²) in [7, 11) is 0. The molecule has 1 aliphatic carbocycles. The van der Waals surface area contributed by atoms with E-state index in [0.29, 0.717) is 6.04 Å². The number of aldehydes is 1. The molecule has 0 radical (unpaired) electrons. The molecular formula is C8H15NO. The molecule has 0 spiro atoms. The van der Waals surface area contributed by atoms with Crippen molar-refractivity contribution in [2.45, 2.75) is 32.2 Å². The summed E-state index contributed by atoms with van der Waals surface area (Å²) < 4.78 is 0. The van der Waals surface area contributed by atoms with Gasteiger partial charge in [-0.25, -0.2) is 0 Å². The molecular weight excluding hydrogens is 126 g/mol. The highest BCUT2D eigenvalue weighted by atomic mass is 16.1. The lowest BCUT2D eigenvalue weighted by Gasteiger charge is -2.09. The Bertz CT molecular complexity index is 110. The summed E-state index contributed by atoms with van der Waals surface area (Å²) in [6.07, 6.45) is 8.55. The average Bonchev–Trinajstić information content (AvgIpc) is 1.91. The predicted octanol–water partition coefficient (Wildman–Crippen LogP) is 1.26. The second kappa shape index (κ2) is 6.49. The molecule has 0 saturated carbocycles. The zero-order valence-electron chi connectivity index (χ0n) is 6.42. The fourth-order valence-corrected chi connectivity index (χ4v) is 0.817. The van der Waals surface area contributed by atoms with Crippen molar-refractivity contribution in [1.29, 1.82) is 0 Å². The first-order chi connectivity index (χ1) is 4.81. The van der Waals surface area contributed by atoms with Crippen molar-refractivity contribution in [3.63, 3.8) is 0 Å². The molecule has 58 valence electrons. The quantitative estimate of drug-likeness (QED) is 0.407. The van der Waals surface area contributed by atoms with Crippen LogP contribution in [-0.4, -0.2) is 12.3 Å². The van der Waals surface area contributed by atoms with Crippen LogP contribution in [0.2, 0.25) is 0 Å². The molecule has 2 heteroatoms. The molecule has 0 aliphatic heterocycles. The number of rotatable bonds is 0. The van der Waals surface area contributed by atoms with E-state index in [2.05, 4.69) is 12.2 Å². The van der Waals surface area contributed by atoms with E-state index in [0.717, 1.165) is 12.7 Å². The third kappa shape index (κ3) is 5.51. The second-order valence-corrected chi connectivity index (χ2v) is 2.28. The van der Waals surface area contributed by atoms with Crippen molar-refractivity contribution >= 4 is 6.29 Å². The van der Waals surface area contributed by atoms with Gasteiger partial charge in [0.05, 0.1) is 0 Å². The van der Waals surface area contributed by atoms with Crippen LogP contribution < -0.4 is 5.73 Å². The van der Waals surface area contributed by atoms with Gasteiger partial charge < -0.3 is 10.5 Å². The molecule has 2 N–H and O–H groups in total. The van der Waals surface area contributed by atoms with E-state index in [9.17, 15) is 0 Å². The Morgan fingerprint density at radius 2 is 2.20 bits per heavy atom. The van der Waals surface area contributed by atoms with E-state index in [4.69, 9.17) is 10.5 Å². The smallest absolute Gasteiger partial charge is 0.116 e. The molecule has 0 fully saturated rings. The first-order valence-electron chi connectivity index (χ1n) is 3.61. The first kappa shape index (κ1) is 9.37. The first-order valence-corrected chi connectivity index (χ1v) is 3.61. The van der Waals surface area contributed by atoms with Gasteiger partial charge in [0.15, 0.2) is 0 Å². The predicted molar refractivity (Wildman–Crippen MR) is 42.7 cm³/mol. The summed E-state index contributed by atoms with van der Waals surface area (Å²) in [5.74, 6) is 0. The molecule has 0 heterocycles. The van der Waals surface area contributed by atoms with Gasteiger partial charge in [0.25, 0.3) is 0 Å². The standard InChI is InChI=1S/C6H11N.C2H4O/c7-6-4-2-1-3-5-6;1-2-3/h1-2,6H,3-5,7H2;2H,1H3. The van der Waals surface area contributed by atoms with E-state index < -0.39 is 0 Å². The molecule has 1 atom stereocenters. The minimum Gasteiger partial charge on any atom is -0.327 e. The van der Waals surface area contributed by atoms with Crippen molar-refractivity contribution in [3.05, 3.63) is 12.2 Å². The molecule has 0 amide bonds. The Morgan fingerprint density at radius 1 is 1.60 bits per heavy atom. The van der Waals surface area contributed by atoms with E-state index in [1.54, 1.807) is 0 Å². The third-order valence-corrected chi connectivity index (χ3v) is 1.31. The topological polar surface area (TPSA) is 43.1 Å². The van der Waals surface area contributed by atoms with Crippen LogP contribution in [0, 0.1) is 0 Å². The number of hydrogen-bond donors (Lipinski definition) is 1. The molecule has 2 nitrogen and oxygen atoms in total. The van der Waals surface area contributed by atoms with Crippen molar-refractivity contribution in [3.8, 4) is 0 Å². The van der Waals surface area contributed by atoms with Gasteiger partial charge in [0.1, 0.15) is 6.29 Å². The summed E-state index contributed by atoms with van der Waals surface area (Å²) in [5.41, 5.74) is 5.58. The Morgan fingerprint density at radius 3 is 2.40 bits per heavy atom. The zero-order valence-corrected chi connectivity index (χ0v) is 6.42. The molecule has 1 rings (SSSR count). The summed E-state index contributed by atoms with van der Waals surface area (Å²) in [4.78, 5) is 8.81. The molecule has 10 heavy (non-hydrogen) atoms. The summed E-state index contributed by atoms with van der Waals surface area (Å²) in [6.45, 7) is 1.44. The lowest BCUT2D eigenvalue weighted by atomic mass is 10.0. The minimum absolute atomic E-state index is 0.449. The Hall–Kier alpha value is -0.630. The van der Waals surface area contributed by atoms with Gasteiger partial charge in [-0.15, -0.1) is 0 Å². The maximum absolute atomic E-state index is 8.81. The van der Waals surface area contributed by atoms with Gasteiger partial charge >= 0.3 is 0 Å². The fourth-order valence-electron chi connectivity index (χ4n) is 0.817. The number of allylic oxidation sites excluding steroid dienone is 1. The fraction of sp³-hybridized carbons (Fsp3) is 0.625. The molecule has 0 aromatic carbocycles. The second-order valence-electron chi connectivity index (χ2n) is 2.28. The van der Waals surface area contributed by atoms with Gasteiger partial charge in [-0.2, -0.15) is 0 Å². The summed E-state index contributed by atoms with van der Waals surface area (Å²) >= 11 is 0. The number of carbonyl (C=O) groups excluding carboxylic acids is 1. The Labute approximate surface area is 62.1 Å². The van der Waals surface area contributed by atoms with Gasteiger partial charge in [0.2, 0.25) is 0 Å². The van der Waals surface area contributed by atoms with Gasteiger partial charge in [0, 0.05) is 6.04 Å². The average molecular weight is 141 g/mol. The lowest BCUT2D eigenvalue weighted by molar-refractivity contribution is -0.106. The van der Waals surface area contributed by atoms with Crippen LogP contribution in [0.15, 0.2) is 12.2 Å². The molecule has 0 aromatic rings. The lowest BCUT2D eigenvalue weighted by Crippen LogP contribution is -2.19. The number of nitrogens with two attached hydrogens (primary N) is 1. The molecule has 0 saturated heterocycles. The third-order valence-electron chi connectivity index (χ3n) is 1.31. The maximum atomic E-state index is 8.81. The highest BCUT2D eigenvalue weighted by Gasteiger charge is 2.00. The number of hydrogen-bond acceptors (Lipinski definition) is 2. The van der Waals surface area contributed by atoms with E-state index in [-0.39, 0.29) is 0 Å². The highest BCUT2D eigenvalue weighted by Crippen LogP contribution is 2.06. The molecule has 1 aliphatic rings. The van der Waals surface area contributed by atoms with Crippen LogP contribution in [0.4, 0.5) is 0 Å². The largest absolute Gasteiger partial charge is 0.327 e. The summed E-state index contributed by atoms with van der Waals surface area (Å²) in [5, 5.41) is 0. The van der Waals surface area contributed by atoms with E-state index in [1.807, 2.05) is 0 Å². The van der Waals surface area contributed by atoms with Crippen LogP contribution in [-0.2, 0) is 4.79 Å². The van der Waals surface area contributed by atoms with Gasteiger partial charge in [-0.05, 0) is 26.2 Å². The van der Waals surface area contributed by atoms with Crippen LogP contribution >= 0.6 is 0 Å². The molecule has 0 bridgehead atoms. The monoisotopic (exact) mass is 141 g/mol. The zero-order chi connectivity index (χ0) is 7.82. The summed E-state index contributed by atoms with van der Waals surface area (Å²) in [6, 6.07) is 0.449. The van der Waals surface area contributed by atoms with Crippen molar-refractivity contribution < 1.29 is 4.79 Å². The van der Waals surface area contributed by atoms with Gasteiger partial charge in [-0.1, -0.05) is 12.2 Å².